The van der Waals surface area contributed by atoms with Crippen molar-refractivity contribution in [3.63, 3.8) is 0 Å². The molecule has 1 aliphatic carbocycles. The summed E-state index contributed by atoms with van der Waals surface area (Å²) >= 11 is 0. The summed E-state index contributed by atoms with van der Waals surface area (Å²) in [5.74, 6) is -3.37. The molecule has 1 aromatic carbocycles. The molecule has 2 atom stereocenters. The molecule has 136 valence electrons. The molecule has 26 heavy (non-hydrogen) atoms. The summed E-state index contributed by atoms with van der Waals surface area (Å²) < 4.78 is 3.12. The van der Waals surface area contributed by atoms with Crippen molar-refractivity contribution in [1.82, 2.24) is 9.36 Å². The summed E-state index contributed by atoms with van der Waals surface area (Å²) in [6.07, 6.45) is 4.08. The fraction of sp³-hybridized carbons (Fsp3) is 0.316. The third-order valence-electron chi connectivity index (χ3n) is 4.87. The van der Waals surface area contributed by atoms with Crippen molar-refractivity contribution in [3.8, 4) is 5.69 Å². The number of hydrogen-bond acceptors (Lipinski definition) is 4. The molecule has 0 unspecified atom stereocenters. The highest BCUT2D eigenvalue weighted by atomic mass is 16.4. The molecule has 1 N–H and O–H groups in total. The van der Waals surface area contributed by atoms with Crippen LogP contribution in [0.3, 0.4) is 0 Å². The van der Waals surface area contributed by atoms with Crippen LogP contribution in [-0.2, 0) is 16.6 Å². The van der Waals surface area contributed by atoms with E-state index in [4.69, 9.17) is 0 Å². The number of carboxylic acids is 1. The van der Waals surface area contributed by atoms with Crippen LogP contribution in [0.2, 0.25) is 0 Å². The lowest BCUT2D eigenvalue weighted by Gasteiger charge is -2.28. The quantitative estimate of drug-likeness (QED) is 0.820. The predicted molar refractivity (Wildman–Crippen MR) is 94.7 cm³/mol. The Morgan fingerprint density at radius 1 is 1.12 bits per heavy atom. The Morgan fingerprint density at radius 2 is 1.73 bits per heavy atom. The summed E-state index contributed by atoms with van der Waals surface area (Å²) in [5, 5.41) is 13.9. The molecule has 2 aromatic rings. The van der Waals surface area contributed by atoms with Gasteiger partial charge >= 0.3 is 0 Å². The third kappa shape index (κ3) is 3.08. The van der Waals surface area contributed by atoms with E-state index in [2.05, 4.69) is 5.32 Å². The monoisotopic (exact) mass is 354 g/mol. The lowest BCUT2D eigenvalue weighted by molar-refractivity contribution is -0.313. The molecule has 0 aliphatic heterocycles. The molecule has 0 spiro atoms. The summed E-state index contributed by atoms with van der Waals surface area (Å²) in [7, 11) is 1.73. The van der Waals surface area contributed by atoms with E-state index in [1.807, 2.05) is 18.2 Å². The van der Waals surface area contributed by atoms with Gasteiger partial charge in [0, 0.05) is 18.9 Å². The van der Waals surface area contributed by atoms with Gasteiger partial charge in [-0.15, -0.1) is 0 Å². The van der Waals surface area contributed by atoms with Crippen molar-refractivity contribution >= 4 is 17.6 Å². The number of amides is 1. The minimum atomic E-state index is -1.25. The SMILES string of the molecule is Cc1c(NC(=O)[C@H]2CC=CC[C@H]2C(=O)[O-])c(=O)n(-c2ccccc2)n1C. The van der Waals surface area contributed by atoms with Gasteiger partial charge in [-0.05, 0) is 31.9 Å². The maximum Gasteiger partial charge on any atom is 0.295 e. The summed E-state index contributed by atoms with van der Waals surface area (Å²) in [6.45, 7) is 1.73. The van der Waals surface area contributed by atoms with Crippen LogP contribution in [0.1, 0.15) is 18.5 Å². The molecule has 1 aliphatic rings. The molecule has 3 rings (SSSR count). The van der Waals surface area contributed by atoms with E-state index < -0.39 is 23.7 Å². The minimum Gasteiger partial charge on any atom is -0.550 e. The number of carbonyl (C=O) groups is 2. The molecule has 1 aromatic heterocycles. The number of hydrogen-bond donors (Lipinski definition) is 1. The van der Waals surface area contributed by atoms with Crippen LogP contribution in [0.5, 0.6) is 0 Å². The van der Waals surface area contributed by atoms with Gasteiger partial charge in [-0.25, -0.2) is 4.68 Å². The molecule has 7 nitrogen and oxygen atoms in total. The van der Waals surface area contributed by atoms with Crippen LogP contribution in [0.25, 0.3) is 5.69 Å². The van der Waals surface area contributed by atoms with Gasteiger partial charge in [0.15, 0.2) is 0 Å². The first-order chi connectivity index (χ1) is 12.4. The maximum atomic E-state index is 12.8. The molecule has 7 heteroatoms. The number of carbonyl (C=O) groups excluding carboxylic acids is 2. The maximum absolute atomic E-state index is 12.8. The molecule has 0 saturated heterocycles. The van der Waals surface area contributed by atoms with Gasteiger partial charge < -0.3 is 15.2 Å². The smallest absolute Gasteiger partial charge is 0.295 e. The van der Waals surface area contributed by atoms with Gasteiger partial charge in [0.05, 0.1) is 17.3 Å². The minimum absolute atomic E-state index is 0.160. The van der Waals surface area contributed by atoms with Crippen molar-refractivity contribution in [2.75, 3.05) is 5.32 Å². The van der Waals surface area contributed by atoms with Crippen molar-refractivity contribution in [3.05, 3.63) is 58.5 Å². The van der Waals surface area contributed by atoms with Crippen LogP contribution in [0, 0.1) is 18.8 Å². The van der Waals surface area contributed by atoms with E-state index >= 15 is 0 Å². The largest absolute Gasteiger partial charge is 0.550 e. The molecule has 0 fully saturated rings. The normalized spacial score (nSPS) is 19.3. The number of benzene rings is 1. The Kier molecular flexibility index (Phi) is 4.79. The number of nitrogens with one attached hydrogen (secondary N) is 1. The number of anilines is 1. The molecule has 0 radical (unpaired) electrons. The molecule has 0 saturated carbocycles. The van der Waals surface area contributed by atoms with Gasteiger partial charge in [-0.1, -0.05) is 30.4 Å². The molecule has 0 bridgehead atoms. The zero-order valence-electron chi connectivity index (χ0n) is 14.6. The van der Waals surface area contributed by atoms with E-state index in [-0.39, 0.29) is 17.7 Å². The Labute approximate surface area is 150 Å². The van der Waals surface area contributed by atoms with Gasteiger partial charge in [-0.3, -0.25) is 14.3 Å². The number of aliphatic carboxylic acids is 1. The van der Waals surface area contributed by atoms with Crippen LogP contribution in [0.15, 0.2) is 47.3 Å². The van der Waals surface area contributed by atoms with E-state index in [1.54, 1.807) is 42.9 Å². The fourth-order valence-electron chi connectivity index (χ4n) is 3.29. The van der Waals surface area contributed by atoms with Crippen molar-refractivity contribution < 1.29 is 14.7 Å². The van der Waals surface area contributed by atoms with Crippen LogP contribution >= 0.6 is 0 Å². The second-order valence-corrected chi connectivity index (χ2v) is 6.40. The second kappa shape index (κ2) is 7.03. The highest BCUT2D eigenvalue weighted by molar-refractivity contribution is 5.95. The summed E-state index contributed by atoms with van der Waals surface area (Å²) in [5.41, 5.74) is 1.06. The van der Waals surface area contributed by atoms with Gasteiger partial charge in [0.2, 0.25) is 5.91 Å². The number of allylic oxidation sites excluding steroid dienone is 2. The van der Waals surface area contributed by atoms with Crippen molar-refractivity contribution in [2.45, 2.75) is 19.8 Å². The molecular weight excluding hydrogens is 334 g/mol. The average molecular weight is 354 g/mol. The fourth-order valence-corrected chi connectivity index (χ4v) is 3.29. The zero-order valence-corrected chi connectivity index (χ0v) is 14.6. The van der Waals surface area contributed by atoms with Crippen LogP contribution in [0.4, 0.5) is 5.69 Å². The topological polar surface area (TPSA) is 96.2 Å². The van der Waals surface area contributed by atoms with E-state index in [1.165, 1.54) is 4.68 Å². The van der Waals surface area contributed by atoms with E-state index in [0.717, 1.165) is 0 Å². The van der Waals surface area contributed by atoms with Crippen LogP contribution in [-0.4, -0.2) is 21.2 Å². The Balaban J connectivity index is 1.94. The first-order valence-corrected chi connectivity index (χ1v) is 8.42. The average Bonchev–Trinajstić information content (AvgIpc) is 2.85. The standard InChI is InChI=1S/C19H21N3O4/c1-12-16(18(24)22(21(12)2)13-8-4-3-5-9-13)20-17(23)14-10-6-7-11-15(14)19(25)26/h3-9,14-15H,10-11H2,1-2H3,(H,20,23)(H,25,26)/p-1/t14-,15+/m0/s1. The predicted octanol–water partition coefficient (Wildman–Crippen LogP) is 0.755. The van der Waals surface area contributed by atoms with Crippen molar-refractivity contribution in [1.29, 1.82) is 0 Å². The van der Waals surface area contributed by atoms with Crippen molar-refractivity contribution in [2.24, 2.45) is 18.9 Å². The third-order valence-corrected chi connectivity index (χ3v) is 4.87. The Hall–Kier alpha value is -3.09. The van der Waals surface area contributed by atoms with E-state index in [0.29, 0.717) is 17.8 Å². The second-order valence-electron chi connectivity index (χ2n) is 6.40. The Bertz CT molecular complexity index is 924. The first kappa shape index (κ1) is 17.7. The number of para-hydroxylation sites is 1. The van der Waals surface area contributed by atoms with Gasteiger partial charge in [0.1, 0.15) is 5.69 Å². The first-order valence-electron chi connectivity index (χ1n) is 8.42. The summed E-state index contributed by atoms with van der Waals surface area (Å²) in [4.78, 5) is 36.8. The van der Waals surface area contributed by atoms with Crippen LogP contribution < -0.4 is 16.0 Å². The highest BCUT2D eigenvalue weighted by Crippen LogP contribution is 2.27. The van der Waals surface area contributed by atoms with E-state index in [9.17, 15) is 19.5 Å². The lowest BCUT2D eigenvalue weighted by atomic mass is 9.82. The number of rotatable bonds is 4. The Morgan fingerprint density at radius 3 is 2.35 bits per heavy atom. The van der Waals surface area contributed by atoms with Gasteiger partial charge in [0.25, 0.3) is 5.56 Å². The van der Waals surface area contributed by atoms with Gasteiger partial charge in [-0.2, -0.15) is 0 Å². The highest BCUT2D eigenvalue weighted by Gasteiger charge is 2.31. The molecule has 1 amide bonds. The zero-order chi connectivity index (χ0) is 18.8. The lowest BCUT2D eigenvalue weighted by Crippen LogP contribution is -2.42. The number of aromatic nitrogens is 2. The number of carboxylic acid groups (broad SMARTS) is 1. The molecule has 1 heterocycles. The molecular formula is C19H20N3O4-. The summed E-state index contributed by atoms with van der Waals surface area (Å²) in [6, 6.07) is 9.08. The number of nitrogens with zero attached hydrogens (tertiary/aromatic N) is 2.